The molecule has 1 N–H and O–H groups in total. The Bertz CT molecular complexity index is 771. The van der Waals surface area contributed by atoms with Crippen LogP contribution in [0.1, 0.15) is 5.69 Å². The summed E-state index contributed by atoms with van der Waals surface area (Å²) in [5.74, 6) is 0.645. The van der Waals surface area contributed by atoms with Gasteiger partial charge in [-0.2, -0.15) is 0 Å². The van der Waals surface area contributed by atoms with Crippen LogP contribution < -0.4 is 5.32 Å². The van der Waals surface area contributed by atoms with E-state index in [4.69, 9.17) is 0 Å². The fraction of sp³-hybridized carbons (Fsp3) is 0.0667. The molecule has 0 aliphatic heterocycles. The molecular formula is C15H13N3OS2. The quantitative estimate of drug-likeness (QED) is 0.796. The van der Waals surface area contributed by atoms with Crippen molar-refractivity contribution in [3.63, 3.8) is 0 Å². The summed E-state index contributed by atoms with van der Waals surface area (Å²) in [5, 5.41) is 5.88. The standard InChI is InChI=1S/C15H13N3OS2/c1-11-10-20-15(17-11)18-14-9-13(7-8-16-14)21(19)12-5-3-2-4-6-12/h2-10H,1H3,(H,16,17,18). The molecule has 1 aromatic carbocycles. The molecule has 4 nitrogen and oxygen atoms in total. The van der Waals surface area contributed by atoms with Gasteiger partial charge >= 0.3 is 0 Å². The molecule has 0 saturated heterocycles. The summed E-state index contributed by atoms with van der Waals surface area (Å²) in [6.45, 7) is 1.94. The van der Waals surface area contributed by atoms with Crippen LogP contribution in [0.5, 0.6) is 0 Å². The summed E-state index contributed by atoms with van der Waals surface area (Å²) in [4.78, 5) is 10.1. The highest BCUT2D eigenvalue weighted by Crippen LogP contribution is 2.22. The smallest absolute Gasteiger partial charge is 0.188 e. The largest absolute Gasteiger partial charge is 0.316 e. The second kappa shape index (κ2) is 6.15. The van der Waals surface area contributed by atoms with Crippen molar-refractivity contribution in [1.82, 2.24) is 9.97 Å². The molecule has 0 fully saturated rings. The van der Waals surface area contributed by atoms with E-state index in [-0.39, 0.29) is 0 Å². The Morgan fingerprint density at radius 1 is 1.14 bits per heavy atom. The van der Waals surface area contributed by atoms with Crippen LogP contribution in [0, 0.1) is 6.92 Å². The number of anilines is 2. The second-order valence-corrected chi connectivity index (χ2v) is 6.72. The molecule has 1 unspecified atom stereocenters. The Balaban J connectivity index is 1.85. The lowest BCUT2D eigenvalue weighted by atomic mass is 10.4. The van der Waals surface area contributed by atoms with Crippen LogP contribution >= 0.6 is 11.3 Å². The zero-order chi connectivity index (χ0) is 14.7. The predicted octanol–water partition coefficient (Wildman–Crippen LogP) is 3.76. The number of thiazole rings is 1. The second-order valence-electron chi connectivity index (χ2n) is 4.38. The minimum absolute atomic E-state index is 0.645. The maximum atomic E-state index is 12.5. The SMILES string of the molecule is Cc1csc(Nc2cc(S(=O)c3ccccc3)ccn2)n1. The Kier molecular flexibility index (Phi) is 4.08. The van der Waals surface area contributed by atoms with Crippen molar-refractivity contribution in [3.8, 4) is 0 Å². The molecule has 2 aromatic heterocycles. The molecule has 0 saturated carbocycles. The lowest BCUT2D eigenvalue weighted by Crippen LogP contribution is -1.97. The number of nitrogens with one attached hydrogen (secondary N) is 1. The normalized spacial score (nSPS) is 12.0. The van der Waals surface area contributed by atoms with Crippen molar-refractivity contribution in [2.75, 3.05) is 5.32 Å². The Morgan fingerprint density at radius 3 is 2.67 bits per heavy atom. The monoisotopic (exact) mass is 315 g/mol. The number of hydrogen-bond acceptors (Lipinski definition) is 5. The number of aryl methyl sites for hydroxylation is 1. The fourth-order valence-corrected chi connectivity index (χ4v) is 3.57. The average molecular weight is 315 g/mol. The number of pyridine rings is 1. The summed E-state index contributed by atoms with van der Waals surface area (Å²) in [7, 11) is -1.21. The van der Waals surface area contributed by atoms with Gasteiger partial charge in [0.25, 0.3) is 0 Å². The summed E-state index contributed by atoms with van der Waals surface area (Å²) >= 11 is 1.52. The highest BCUT2D eigenvalue weighted by atomic mass is 32.2. The number of nitrogens with zero attached hydrogens (tertiary/aromatic N) is 2. The third-order valence-electron chi connectivity index (χ3n) is 2.76. The first-order chi connectivity index (χ1) is 10.2. The van der Waals surface area contributed by atoms with E-state index in [1.54, 1.807) is 18.3 Å². The van der Waals surface area contributed by atoms with Crippen LogP contribution in [0.3, 0.4) is 0 Å². The summed E-state index contributed by atoms with van der Waals surface area (Å²) < 4.78 is 12.5. The van der Waals surface area contributed by atoms with Crippen molar-refractivity contribution in [2.45, 2.75) is 16.7 Å². The molecule has 2 heterocycles. The zero-order valence-corrected chi connectivity index (χ0v) is 12.9. The molecule has 6 heteroatoms. The predicted molar refractivity (Wildman–Crippen MR) is 85.5 cm³/mol. The zero-order valence-electron chi connectivity index (χ0n) is 11.3. The molecule has 0 aliphatic carbocycles. The van der Waals surface area contributed by atoms with Crippen molar-refractivity contribution in [2.24, 2.45) is 0 Å². The lowest BCUT2D eigenvalue weighted by molar-refractivity contribution is 0.683. The summed E-state index contributed by atoms with van der Waals surface area (Å²) in [6, 6.07) is 12.9. The molecule has 3 rings (SSSR count). The molecule has 0 spiro atoms. The first-order valence-electron chi connectivity index (χ1n) is 6.34. The Labute approximate surface area is 129 Å². The van der Waals surface area contributed by atoms with Crippen LogP contribution in [0.2, 0.25) is 0 Å². The molecular weight excluding hydrogens is 302 g/mol. The average Bonchev–Trinajstić information content (AvgIpc) is 2.93. The maximum absolute atomic E-state index is 12.5. The minimum Gasteiger partial charge on any atom is -0.316 e. The van der Waals surface area contributed by atoms with Crippen LogP contribution in [-0.4, -0.2) is 14.2 Å². The third kappa shape index (κ3) is 3.34. The molecule has 106 valence electrons. The molecule has 0 amide bonds. The summed E-state index contributed by atoms with van der Waals surface area (Å²) in [6.07, 6.45) is 1.65. The molecule has 0 radical (unpaired) electrons. The number of benzene rings is 1. The van der Waals surface area contributed by atoms with Gasteiger partial charge in [0, 0.05) is 21.4 Å². The number of aromatic nitrogens is 2. The van der Waals surface area contributed by atoms with Gasteiger partial charge < -0.3 is 5.32 Å². The highest BCUT2D eigenvalue weighted by Gasteiger charge is 2.08. The fourth-order valence-electron chi connectivity index (χ4n) is 1.80. The minimum atomic E-state index is -1.21. The van der Waals surface area contributed by atoms with E-state index >= 15 is 0 Å². The highest BCUT2D eigenvalue weighted by molar-refractivity contribution is 7.85. The van der Waals surface area contributed by atoms with Gasteiger partial charge in [-0.3, -0.25) is 0 Å². The summed E-state index contributed by atoms with van der Waals surface area (Å²) in [5.41, 5.74) is 0.964. The molecule has 0 bridgehead atoms. The van der Waals surface area contributed by atoms with Gasteiger partial charge in [-0.05, 0) is 31.2 Å². The Morgan fingerprint density at radius 2 is 1.95 bits per heavy atom. The van der Waals surface area contributed by atoms with Crippen molar-refractivity contribution >= 4 is 33.1 Å². The van der Waals surface area contributed by atoms with Gasteiger partial charge in [-0.15, -0.1) is 11.3 Å². The van der Waals surface area contributed by atoms with Gasteiger partial charge in [0.2, 0.25) is 0 Å². The van der Waals surface area contributed by atoms with Crippen LogP contribution in [0.25, 0.3) is 0 Å². The first-order valence-corrected chi connectivity index (χ1v) is 8.37. The van der Waals surface area contributed by atoms with E-state index in [1.807, 2.05) is 42.6 Å². The van der Waals surface area contributed by atoms with E-state index in [1.165, 1.54) is 11.3 Å². The van der Waals surface area contributed by atoms with E-state index in [9.17, 15) is 4.21 Å². The number of hydrogen-bond donors (Lipinski definition) is 1. The van der Waals surface area contributed by atoms with Gasteiger partial charge in [0.15, 0.2) is 5.13 Å². The van der Waals surface area contributed by atoms with Crippen molar-refractivity contribution < 1.29 is 4.21 Å². The van der Waals surface area contributed by atoms with Gasteiger partial charge in [-0.1, -0.05) is 18.2 Å². The van der Waals surface area contributed by atoms with Gasteiger partial charge in [0.05, 0.1) is 16.5 Å². The molecule has 21 heavy (non-hydrogen) atoms. The van der Waals surface area contributed by atoms with Crippen LogP contribution in [-0.2, 0) is 10.8 Å². The first kappa shape index (κ1) is 13.9. The van der Waals surface area contributed by atoms with E-state index in [2.05, 4.69) is 15.3 Å². The number of rotatable bonds is 4. The molecule has 0 aliphatic rings. The van der Waals surface area contributed by atoms with Gasteiger partial charge in [0.1, 0.15) is 5.82 Å². The van der Waals surface area contributed by atoms with Crippen LogP contribution in [0.15, 0.2) is 63.8 Å². The van der Waals surface area contributed by atoms with Gasteiger partial charge in [-0.25, -0.2) is 14.2 Å². The Hall–Kier alpha value is -2.05. The molecule has 1 atom stereocenters. The third-order valence-corrected chi connectivity index (χ3v) is 5.01. The van der Waals surface area contributed by atoms with E-state index in [0.29, 0.717) is 10.7 Å². The van der Waals surface area contributed by atoms with E-state index < -0.39 is 10.8 Å². The topological polar surface area (TPSA) is 54.9 Å². The maximum Gasteiger partial charge on any atom is 0.188 e. The van der Waals surface area contributed by atoms with Crippen molar-refractivity contribution in [3.05, 3.63) is 59.7 Å². The lowest BCUT2D eigenvalue weighted by Gasteiger charge is -2.05. The van der Waals surface area contributed by atoms with Crippen LogP contribution in [0.4, 0.5) is 10.9 Å². The van der Waals surface area contributed by atoms with E-state index in [0.717, 1.165) is 15.7 Å². The van der Waals surface area contributed by atoms with Crippen molar-refractivity contribution in [1.29, 1.82) is 0 Å². The molecule has 3 aromatic rings.